The minimum absolute atomic E-state index is 0.00250. The van der Waals surface area contributed by atoms with Crippen LogP contribution in [0.5, 0.6) is 17.2 Å². The van der Waals surface area contributed by atoms with Gasteiger partial charge in [0.2, 0.25) is 6.79 Å². The molecule has 0 radical (unpaired) electrons. The largest absolute Gasteiger partial charge is 0.454 e. The Kier molecular flexibility index (Phi) is 5.77. The highest BCUT2D eigenvalue weighted by Crippen LogP contribution is 2.39. The highest BCUT2D eigenvalue weighted by molar-refractivity contribution is 5.79. The van der Waals surface area contributed by atoms with E-state index in [2.05, 4.69) is 30.6 Å². The summed E-state index contributed by atoms with van der Waals surface area (Å²) in [7, 11) is 0. The van der Waals surface area contributed by atoms with E-state index in [0.717, 1.165) is 5.65 Å². The van der Waals surface area contributed by atoms with Crippen LogP contribution in [0.4, 0.5) is 8.78 Å². The number of aliphatic imine (C=N–C) groups is 1. The van der Waals surface area contributed by atoms with E-state index in [0.29, 0.717) is 41.9 Å². The topological polar surface area (TPSA) is 94.3 Å². The van der Waals surface area contributed by atoms with E-state index >= 15 is 0 Å². The summed E-state index contributed by atoms with van der Waals surface area (Å²) in [6.07, 6.45) is 1.87. The fraction of sp³-hybridized carbons (Fsp3) is 0.316. The Labute approximate surface area is 170 Å². The Morgan fingerprint density at radius 3 is 2.87 bits per heavy atom. The fourth-order valence-electron chi connectivity index (χ4n) is 2.97. The van der Waals surface area contributed by atoms with Gasteiger partial charge in [0.15, 0.2) is 28.9 Å². The molecule has 0 bridgehead atoms. The van der Waals surface area contributed by atoms with Crippen LogP contribution in [0.25, 0.3) is 5.65 Å². The Bertz CT molecular complexity index is 1060. The Morgan fingerprint density at radius 2 is 2.07 bits per heavy atom. The number of fused-ring (bicyclic) bond motifs is 2. The Hall–Kier alpha value is -3.63. The smallest absolute Gasteiger partial charge is 0.387 e. The highest BCUT2D eigenvalue weighted by atomic mass is 19.3. The van der Waals surface area contributed by atoms with E-state index in [9.17, 15) is 8.78 Å². The molecule has 2 N–H and O–H groups in total. The van der Waals surface area contributed by atoms with Crippen LogP contribution in [-0.4, -0.2) is 40.5 Å². The van der Waals surface area contributed by atoms with Crippen molar-refractivity contribution in [3.63, 3.8) is 0 Å². The van der Waals surface area contributed by atoms with E-state index in [1.165, 1.54) is 6.07 Å². The van der Waals surface area contributed by atoms with Gasteiger partial charge in [-0.15, -0.1) is 10.2 Å². The first kappa shape index (κ1) is 19.7. The van der Waals surface area contributed by atoms with Crippen LogP contribution in [-0.2, 0) is 13.1 Å². The summed E-state index contributed by atoms with van der Waals surface area (Å²) >= 11 is 0. The molecule has 0 spiro atoms. The number of nitrogens with one attached hydrogen (secondary N) is 2. The first-order valence-electron chi connectivity index (χ1n) is 9.32. The van der Waals surface area contributed by atoms with Crippen molar-refractivity contribution in [2.24, 2.45) is 4.99 Å². The molecule has 0 saturated carbocycles. The van der Waals surface area contributed by atoms with Gasteiger partial charge in [0, 0.05) is 24.4 Å². The lowest BCUT2D eigenvalue weighted by Gasteiger charge is -2.13. The summed E-state index contributed by atoms with van der Waals surface area (Å²) in [5, 5.41) is 14.6. The molecule has 1 aliphatic rings. The minimum Gasteiger partial charge on any atom is -0.454 e. The molecular weight excluding hydrogens is 398 g/mol. The van der Waals surface area contributed by atoms with Gasteiger partial charge in [0.25, 0.3) is 0 Å². The molecule has 2 aromatic heterocycles. The maximum absolute atomic E-state index is 12.8. The predicted octanol–water partition coefficient (Wildman–Crippen LogP) is 2.31. The van der Waals surface area contributed by atoms with Gasteiger partial charge in [-0.05, 0) is 25.1 Å². The maximum Gasteiger partial charge on any atom is 0.387 e. The molecule has 1 aromatic carbocycles. The van der Waals surface area contributed by atoms with Crippen molar-refractivity contribution in [1.82, 2.24) is 25.2 Å². The molecule has 0 atom stereocenters. The summed E-state index contributed by atoms with van der Waals surface area (Å²) < 4.78 is 42.7. The predicted molar refractivity (Wildman–Crippen MR) is 104 cm³/mol. The Morgan fingerprint density at radius 1 is 1.23 bits per heavy atom. The van der Waals surface area contributed by atoms with Crippen LogP contribution in [0, 0.1) is 0 Å². The second-order valence-corrected chi connectivity index (χ2v) is 6.29. The average Bonchev–Trinajstić information content (AvgIpc) is 3.36. The highest BCUT2D eigenvalue weighted by Gasteiger charge is 2.20. The van der Waals surface area contributed by atoms with E-state index in [1.807, 2.05) is 35.7 Å². The number of alkyl halides is 2. The second-order valence-electron chi connectivity index (χ2n) is 6.29. The van der Waals surface area contributed by atoms with Gasteiger partial charge in [-0.3, -0.25) is 4.40 Å². The number of pyridine rings is 1. The first-order chi connectivity index (χ1) is 14.6. The van der Waals surface area contributed by atoms with Crippen molar-refractivity contribution in [3.8, 4) is 17.2 Å². The van der Waals surface area contributed by atoms with E-state index < -0.39 is 6.61 Å². The van der Waals surface area contributed by atoms with Crippen molar-refractivity contribution in [2.45, 2.75) is 26.6 Å². The summed E-state index contributed by atoms with van der Waals surface area (Å²) in [5.74, 6) is 2.03. The van der Waals surface area contributed by atoms with Crippen molar-refractivity contribution in [1.29, 1.82) is 0 Å². The number of hydrogen-bond acceptors (Lipinski definition) is 6. The first-order valence-corrected chi connectivity index (χ1v) is 9.32. The number of ether oxygens (including phenoxy) is 3. The second kappa shape index (κ2) is 8.80. The zero-order valence-electron chi connectivity index (χ0n) is 16.1. The van der Waals surface area contributed by atoms with Gasteiger partial charge in [-0.1, -0.05) is 6.07 Å². The lowest BCUT2D eigenvalue weighted by molar-refractivity contribution is -0.0505. The van der Waals surface area contributed by atoms with Crippen molar-refractivity contribution >= 4 is 11.6 Å². The molecule has 1 aliphatic heterocycles. The van der Waals surface area contributed by atoms with Crippen LogP contribution in [0.2, 0.25) is 0 Å². The molecule has 3 aromatic rings. The third kappa shape index (κ3) is 4.34. The molecule has 9 nitrogen and oxygen atoms in total. The molecule has 30 heavy (non-hydrogen) atoms. The van der Waals surface area contributed by atoms with Gasteiger partial charge in [0.05, 0.1) is 13.1 Å². The number of guanidine groups is 1. The number of hydrogen-bond donors (Lipinski definition) is 2. The Balaban J connectivity index is 1.51. The normalized spacial score (nSPS) is 13.1. The summed E-state index contributed by atoms with van der Waals surface area (Å²) in [5.41, 5.74) is 1.19. The maximum atomic E-state index is 12.8. The average molecular weight is 418 g/mol. The zero-order chi connectivity index (χ0) is 20.9. The molecule has 158 valence electrons. The fourth-order valence-corrected chi connectivity index (χ4v) is 2.97. The summed E-state index contributed by atoms with van der Waals surface area (Å²) in [6.45, 7) is 0.0873. The van der Waals surface area contributed by atoms with Gasteiger partial charge in [-0.2, -0.15) is 8.78 Å². The van der Waals surface area contributed by atoms with E-state index in [-0.39, 0.29) is 19.1 Å². The standard InChI is InChI=1S/C19H20F2N6O3/c1-2-22-19(24-10-17-26-25-16-5-3-4-6-27(16)17)23-9-12-7-14-15(29-11-28-14)8-13(12)30-18(20)21/h3-8,18H,2,9-11H2,1H3,(H2,22,23,24). The van der Waals surface area contributed by atoms with Crippen LogP contribution < -0.4 is 24.8 Å². The number of rotatable bonds is 7. The molecule has 3 heterocycles. The lowest BCUT2D eigenvalue weighted by Crippen LogP contribution is -2.37. The summed E-state index contributed by atoms with van der Waals surface area (Å²) in [4.78, 5) is 4.47. The molecule has 4 rings (SSSR count). The molecule has 0 fully saturated rings. The molecular formula is C19H20F2N6O3. The minimum atomic E-state index is -2.96. The van der Waals surface area contributed by atoms with Gasteiger partial charge in [-0.25, -0.2) is 4.99 Å². The molecule has 0 unspecified atom stereocenters. The van der Waals surface area contributed by atoms with E-state index in [1.54, 1.807) is 6.07 Å². The quantitative estimate of drug-likeness (QED) is 0.449. The van der Waals surface area contributed by atoms with Crippen molar-refractivity contribution in [3.05, 3.63) is 47.9 Å². The van der Waals surface area contributed by atoms with Crippen molar-refractivity contribution in [2.75, 3.05) is 13.3 Å². The van der Waals surface area contributed by atoms with E-state index in [4.69, 9.17) is 9.47 Å². The third-order valence-corrected chi connectivity index (χ3v) is 4.32. The van der Waals surface area contributed by atoms with Gasteiger partial charge < -0.3 is 24.8 Å². The number of aromatic nitrogens is 3. The van der Waals surface area contributed by atoms with Crippen LogP contribution in [0.1, 0.15) is 18.3 Å². The molecule has 0 aliphatic carbocycles. The third-order valence-electron chi connectivity index (χ3n) is 4.32. The number of nitrogens with zero attached hydrogens (tertiary/aromatic N) is 4. The monoisotopic (exact) mass is 418 g/mol. The molecule has 11 heteroatoms. The van der Waals surface area contributed by atoms with Crippen LogP contribution in [0.3, 0.4) is 0 Å². The van der Waals surface area contributed by atoms with Crippen LogP contribution in [0.15, 0.2) is 41.5 Å². The molecule has 0 amide bonds. The SMILES string of the molecule is CCNC(=NCc1cc2c(cc1OC(F)F)OCO2)NCc1nnc2ccccn12. The summed E-state index contributed by atoms with van der Waals surface area (Å²) in [6, 6.07) is 8.63. The zero-order valence-corrected chi connectivity index (χ0v) is 16.1. The van der Waals surface area contributed by atoms with Crippen molar-refractivity contribution < 1.29 is 23.0 Å². The number of benzene rings is 1. The van der Waals surface area contributed by atoms with Gasteiger partial charge >= 0.3 is 6.61 Å². The number of halogens is 2. The van der Waals surface area contributed by atoms with Gasteiger partial charge in [0.1, 0.15) is 5.75 Å². The lowest BCUT2D eigenvalue weighted by atomic mass is 10.1. The molecule has 0 saturated heterocycles. The van der Waals surface area contributed by atoms with Crippen LogP contribution >= 0.6 is 0 Å².